The van der Waals surface area contributed by atoms with Crippen molar-refractivity contribution in [3.8, 4) is 12.1 Å². The Labute approximate surface area is 151 Å². The van der Waals surface area contributed by atoms with Gasteiger partial charge < -0.3 is 16.4 Å². The van der Waals surface area contributed by atoms with Gasteiger partial charge in [-0.15, -0.1) is 0 Å². The van der Waals surface area contributed by atoms with Crippen LogP contribution in [0.4, 0.5) is 17.3 Å². The Hall–Kier alpha value is -3.65. The van der Waals surface area contributed by atoms with Crippen LogP contribution in [0.3, 0.4) is 0 Å². The summed E-state index contributed by atoms with van der Waals surface area (Å²) in [4.78, 5) is 20.0. The van der Waals surface area contributed by atoms with Gasteiger partial charge in [0.2, 0.25) is 5.91 Å². The SMILES string of the molecule is CC(C)CC(Nc1cnc(C#N)c(Nc2ccc(C#N)cc2)n1)C(N)=O. The lowest BCUT2D eigenvalue weighted by Crippen LogP contribution is -2.36. The molecule has 0 aliphatic heterocycles. The predicted molar refractivity (Wildman–Crippen MR) is 97.2 cm³/mol. The summed E-state index contributed by atoms with van der Waals surface area (Å²) < 4.78 is 0. The number of nitrogens with one attached hydrogen (secondary N) is 2. The fourth-order valence-corrected chi connectivity index (χ4v) is 2.29. The highest BCUT2D eigenvalue weighted by Gasteiger charge is 2.18. The maximum absolute atomic E-state index is 11.6. The van der Waals surface area contributed by atoms with Crippen molar-refractivity contribution in [1.82, 2.24) is 9.97 Å². The van der Waals surface area contributed by atoms with Crippen LogP contribution in [-0.2, 0) is 4.79 Å². The molecule has 2 rings (SSSR count). The molecule has 26 heavy (non-hydrogen) atoms. The van der Waals surface area contributed by atoms with E-state index in [9.17, 15) is 10.1 Å². The lowest BCUT2D eigenvalue weighted by atomic mass is 10.0. The summed E-state index contributed by atoms with van der Waals surface area (Å²) in [5.74, 6) is 0.369. The molecule has 0 fully saturated rings. The average Bonchev–Trinajstić information content (AvgIpc) is 2.61. The number of hydrogen-bond acceptors (Lipinski definition) is 7. The van der Waals surface area contributed by atoms with E-state index in [0.29, 0.717) is 23.5 Å². The molecule has 0 aliphatic carbocycles. The highest BCUT2D eigenvalue weighted by molar-refractivity contribution is 5.82. The molecule has 1 amide bonds. The number of nitrogens with two attached hydrogens (primary N) is 1. The predicted octanol–water partition coefficient (Wildman–Crippen LogP) is 2.28. The third kappa shape index (κ3) is 4.92. The summed E-state index contributed by atoms with van der Waals surface area (Å²) in [6.45, 7) is 3.97. The fraction of sp³-hybridized carbons (Fsp3) is 0.278. The van der Waals surface area contributed by atoms with Crippen LogP contribution in [0.2, 0.25) is 0 Å². The maximum atomic E-state index is 11.6. The summed E-state index contributed by atoms with van der Waals surface area (Å²) in [7, 11) is 0. The zero-order valence-corrected chi connectivity index (χ0v) is 14.5. The smallest absolute Gasteiger partial charge is 0.239 e. The largest absolute Gasteiger partial charge is 0.368 e. The molecule has 132 valence electrons. The molecule has 8 nitrogen and oxygen atoms in total. The van der Waals surface area contributed by atoms with Crippen LogP contribution in [0.25, 0.3) is 0 Å². The number of nitriles is 2. The molecule has 1 unspecified atom stereocenters. The molecule has 0 aliphatic rings. The molecule has 1 aromatic heterocycles. The number of carbonyl (C=O) groups is 1. The Bertz CT molecular complexity index is 863. The van der Waals surface area contributed by atoms with E-state index in [-0.39, 0.29) is 17.4 Å². The first-order valence-electron chi connectivity index (χ1n) is 8.03. The van der Waals surface area contributed by atoms with Gasteiger partial charge in [0.15, 0.2) is 11.5 Å². The molecule has 1 aromatic carbocycles. The minimum atomic E-state index is -0.583. The van der Waals surface area contributed by atoms with Crippen molar-refractivity contribution < 1.29 is 4.79 Å². The van der Waals surface area contributed by atoms with E-state index in [1.807, 2.05) is 26.0 Å². The molecule has 4 N–H and O–H groups in total. The number of amides is 1. The highest BCUT2D eigenvalue weighted by atomic mass is 16.1. The Kier molecular flexibility index (Phi) is 6.07. The number of carbonyl (C=O) groups excluding carboxylic acids is 1. The second-order valence-electron chi connectivity index (χ2n) is 6.11. The lowest BCUT2D eigenvalue weighted by molar-refractivity contribution is -0.119. The Balaban J connectivity index is 2.25. The molecule has 1 atom stereocenters. The molecular weight excluding hydrogens is 330 g/mol. The lowest BCUT2D eigenvalue weighted by Gasteiger charge is -2.18. The quantitative estimate of drug-likeness (QED) is 0.696. The monoisotopic (exact) mass is 349 g/mol. The van der Waals surface area contributed by atoms with Crippen LogP contribution in [0.15, 0.2) is 30.5 Å². The molecule has 0 saturated heterocycles. The van der Waals surface area contributed by atoms with Crippen molar-refractivity contribution in [1.29, 1.82) is 10.5 Å². The van der Waals surface area contributed by atoms with Gasteiger partial charge in [-0.05, 0) is 36.6 Å². The van der Waals surface area contributed by atoms with E-state index in [1.165, 1.54) is 6.20 Å². The molecular formula is C18H19N7O. The number of benzene rings is 1. The number of rotatable bonds is 7. The first kappa shape index (κ1) is 18.7. The van der Waals surface area contributed by atoms with E-state index in [1.54, 1.807) is 24.3 Å². The van der Waals surface area contributed by atoms with Gasteiger partial charge in [-0.1, -0.05) is 13.8 Å². The summed E-state index contributed by atoms with van der Waals surface area (Å²) in [6, 6.07) is 10.1. The zero-order valence-electron chi connectivity index (χ0n) is 14.5. The third-order valence-corrected chi connectivity index (χ3v) is 3.53. The molecule has 0 bridgehead atoms. The van der Waals surface area contributed by atoms with Gasteiger partial charge in [-0.2, -0.15) is 10.5 Å². The fourth-order valence-electron chi connectivity index (χ4n) is 2.29. The van der Waals surface area contributed by atoms with Crippen LogP contribution in [-0.4, -0.2) is 21.9 Å². The van der Waals surface area contributed by atoms with Crippen LogP contribution in [0, 0.1) is 28.6 Å². The standard InChI is InChI=1S/C18H19N7O/c1-11(2)7-14(17(21)26)24-16-10-22-15(9-20)18(25-16)23-13-5-3-12(8-19)4-6-13/h3-6,10-11,14H,7H2,1-2H3,(H2,21,26)(H2,23,24,25). The molecule has 8 heteroatoms. The maximum Gasteiger partial charge on any atom is 0.239 e. The number of hydrogen-bond donors (Lipinski definition) is 3. The van der Waals surface area contributed by atoms with Crippen LogP contribution in [0.1, 0.15) is 31.5 Å². The molecule has 0 radical (unpaired) electrons. The van der Waals surface area contributed by atoms with Crippen molar-refractivity contribution in [2.75, 3.05) is 10.6 Å². The van der Waals surface area contributed by atoms with Gasteiger partial charge in [0.25, 0.3) is 0 Å². The number of anilines is 3. The normalized spacial score (nSPS) is 11.3. The number of aromatic nitrogens is 2. The first-order chi connectivity index (χ1) is 12.4. The van der Waals surface area contributed by atoms with E-state index >= 15 is 0 Å². The summed E-state index contributed by atoms with van der Waals surface area (Å²) >= 11 is 0. The van der Waals surface area contributed by atoms with Crippen LogP contribution in [0.5, 0.6) is 0 Å². The van der Waals surface area contributed by atoms with Crippen molar-refractivity contribution in [2.45, 2.75) is 26.3 Å². The molecule has 0 spiro atoms. The Morgan fingerprint density at radius 1 is 1.23 bits per heavy atom. The van der Waals surface area contributed by atoms with Gasteiger partial charge in [0.1, 0.15) is 17.9 Å². The van der Waals surface area contributed by atoms with Gasteiger partial charge in [0, 0.05) is 5.69 Å². The van der Waals surface area contributed by atoms with Crippen molar-refractivity contribution >= 4 is 23.2 Å². The second kappa shape index (κ2) is 8.45. The van der Waals surface area contributed by atoms with Gasteiger partial charge in [0.05, 0.1) is 17.8 Å². The van der Waals surface area contributed by atoms with Crippen molar-refractivity contribution in [3.63, 3.8) is 0 Å². The van der Waals surface area contributed by atoms with Crippen LogP contribution >= 0.6 is 0 Å². The number of primary amides is 1. The van der Waals surface area contributed by atoms with Gasteiger partial charge in [-0.25, -0.2) is 9.97 Å². The van der Waals surface area contributed by atoms with Gasteiger partial charge >= 0.3 is 0 Å². The van der Waals surface area contributed by atoms with Crippen molar-refractivity contribution in [3.05, 3.63) is 41.7 Å². The third-order valence-electron chi connectivity index (χ3n) is 3.53. The highest BCUT2D eigenvalue weighted by Crippen LogP contribution is 2.20. The average molecular weight is 349 g/mol. The Morgan fingerprint density at radius 3 is 2.46 bits per heavy atom. The van der Waals surface area contributed by atoms with E-state index in [2.05, 4.69) is 20.6 Å². The molecule has 2 aromatic rings. The second-order valence-corrected chi connectivity index (χ2v) is 6.11. The van der Waals surface area contributed by atoms with Crippen molar-refractivity contribution in [2.24, 2.45) is 11.7 Å². The summed E-state index contributed by atoms with van der Waals surface area (Å²) in [5.41, 5.74) is 6.72. The molecule has 1 heterocycles. The first-order valence-corrected chi connectivity index (χ1v) is 8.03. The minimum Gasteiger partial charge on any atom is -0.368 e. The van der Waals surface area contributed by atoms with E-state index in [0.717, 1.165) is 0 Å². The summed E-state index contributed by atoms with van der Waals surface area (Å²) in [6.07, 6.45) is 1.94. The van der Waals surface area contributed by atoms with E-state index < -0.39 is 11.9 Å². The summed E-state index contributed by atoms with van der Waals surface area (Å²) in [5, 5.41) is 24.0. The Morgan fingerprint density at radius 2 is 1.92 bits per heavy atom. The molecule has 0 saturated carbocycles. The zero-order chi connectivity index (χ0) is 19.1. The van der Waals surface area contributed by atoms with E-state index in [4.69, 9.17) is 11.0 Å². The topological polar surface area (TPSA) is 141 Å². The van der Waals surface area contributed by atoms with Crippen LogP contribution < -0.4 is 16.4 Å². The van der Waals surface area contributed by atoms with Gasteiger partial charge in [-0.3, -0.25) is 4.79 Å². The minimum absolute atomic E-state index is 0.111. The number of nitrogens with zero attached hydrogens (tertiary/aromatic N) is 4.